The standard InChI is InChI=1S/C16H24O3/c1-4-5-6-7-8-13(2)18-15-9-11-16(12-10-15)19-14(3)17/h9-13H,4-8H2,1-3H3. The van der Waals surface area contributed by atoms with Crippen molar-refractivity contribution in [2.45, 2.75) is 59.0 Å². The minimum atomic E-state index is -0.307. The molecule has 1 aromatic carbocycles. The van der Waals surface area contributed by atoms with Gasteiger partial charge in [-0.2, -0.15) is 0 Å². The highest BCUT2D eigenvalue weighted by Crippen LogP contribution is 2.20. The molecule has 3 heteroatoms. The second kappa shape index (κ2) is 8.57. The SMILES string of the molecule is CCCCCCC(C)Oc1ccc(OC(C)=O)cc1. The maximum absolute atomic E-state index is 10.8. The molecule has 0 saturated heterocycles. The van der Waals surface area contributed by atoms with E-state index in [9.17, 15) is 4.79 Å². The second-order valence-electron chi connectivity index (χ2n) is 4.84. The van der Waals surface area contributed by atoms with Crippen molar-refractivity contribution in [1.29, 1.82) is 0 Å². The van der Waals surface area contributed by atoms with Crippen LogP contribution in [0.25, 0.3) is 0 Å². The molecule has 106 valence electrons. The van der Waals surface area contributed by atoms with Crippen LogP contribution in [0, 0.1) is 0 Å². The van der Waals surface area contributed by atoms with Gasteiger partial charge in [-0.05, 0) is 44.0 Å². The summed E-state index contributed by atoms with van der Waals surface area (Å²) < 4.78 is 10.8. The first-order valence-electron chi connectivity index (χ1n) is 7.07. The molecular formula is C16H24O3. The van der Waals surface area contributed by atoms with Gasteiger partial charge in [-0.3, -0.25) is 4.79 Å². The van der Waals surface area contributed by atoms with Crippen molar-refractivity contribution < 1.29 is 14.3 Å². The zero-order chi connectivity index (χ0) is 14.1. The summed E-state index contributed by atoms with van der Waals surface area (Å²) in [6.45, 7) is 5.69. The van der Waals surface area contributed by atoms with Crippen molar-refractivity contribution in [3.05, 3.63) is 24.3 Å². The van der Waals surface area contributed by atoms with Gasteiger partial charge in [0.15, 0.2) is 0 Å². The maximum Gasteiger partial charge on any atom is 0.308 e. The third-order valence-corrected chi connectivity index (χ3v) is 2.89. The Bertz CT molecular complexity index is 370. The Morgan fingerprint density at radius 1 is 1.11 bits per heavy atom. The van der Waals surface area contributed by atoms with Gasteiger partial charge in [0, 0.05) is 6.92 Å². The molecule has 0 spiro atoms. The van der Waals surface area contributed by atoms with E-state index in [1.807, 2.05) is 12.1 Å². The Morgan fingerprint density at radius 3 is 2.32 bits per heavy atom. The van der Waals surface area contributed by atoms with Crippen molar-refractivity contribution in [3.63, 3.8) is 0 Å². The van der Waals surface area contributed by atoms with Crippen LogP contribution in [0.15, 0.2) is 24.3 Å². The Morgan fingerprint density at radius 2 is 1.74 bits per heavy atom. The van der Waals surface area contributed by atoms with E-state index in [1.165, 1.54) is 32.6 Å². The normalized spacial score (nSPS) is 11.9. The molecule has 0 heterocycles. The first kappa shape index (κ1) is 15.5. The van der Waals surface area contributed by atoms with Crippen molar-refractivity contribution in [2.24, 2.45) is 0 Å². The molecule has 0 aromatic heterocycles. The molecule has 1 unspecified atom stereocenters. The summed E-state index contributed by atoms with van der Waals surface area (Å²) in [7, 11) is 0. The first-order valence-corrected chi connectivity index (χ1v) is 7.07. The van der Waals surface area contributed by atoms with Gasteiger partial charge >= 0.3 is 5.97 Å². The number of esters is 1. The molecule has 0 fully saturated rings. The molecule has 0 amide bonds. The summed E-state index contributed by atoms with van der Waals surface area (Å²) >= 11 is 0. The van der Waals surface area contributed by atoms with Gasteiger partial charge in [0.1, 0.15) is 11.5 Å². The zero-order valence-electron chi connectivity index (χ0n) is 12.1. The summed E-state index contributed by atoms with van der Waals surface area (Å²) in [5.74, 6) is 1.06. The summed E-state index contributed by atoms with van der Waals surface area (Å²) in [6.07, 6.45) is 6.33. The van der Waals surface area contributed by atoms with Crippen LogP contribution >= 0.6 is 0 Å². The monoisotopic (exact) mass is 264 g/mol. The van der Waals surface area contributed by atoms with Crippen LogP contribution in [-0.2, 0) is 4.79 Å². The topological polar surface area (TPSA) is 35.5 Å². The molecule has 0 aliphatic heterocycles. The van der Waals surface area contributed by atoms with Crippen LogP contribution < -0.4 is 9.47 Å². The molecule has 1 rings (SSSR count). The van der Waals surface area contributed by atoms with Crippen molar-refractivity contribution in [3.8, 4) is 11.5 Å². The quantitative estimate of drug-likeness (QED) is 0.398. The molecule has 0 N–H and O–H groups in total. The third-order valence-electron chi connectivity index (χ3n) is 2.89. The molecule has 0 radical (unpaired) electrons. The van der Waals surface area contributed by atoms with Crippen LogP contribution in [0.4, 0.5) is 0 Å². The maximum atomic E-state index is 10.8. The van der Waals surface area contributed by atoms with E-state index < -0.39 is 0 Å². The van der Waals surface area contributed by atoms with Crippen molar-refractivity contribution in [1.82, 2.24) is 0 Å². The molecule has 0 bridgehead atoms. The van der Waals surface area contributed by atoms with E-state index >= 15 is 0 Å². The smallest absolute Gasteiger partial charge is 0.308 e. The summed E-state index contributed by atoms with van der Waals surface area (Å²) in [4.78, 5) is 10.8. The number of ether oxygens (including phenoxy) is 2. The minimum absolute atomic E-state index is 0.219. The Labute approximate surface area is 115 Å². The lowest BCUT2D eigenvalue weighted by molar-refractivity contribution is -0.131. The number of hydrogen-bond donors (Lipinski definition) is 0. The third kappa shape index (κ3) is 6.85. The lowest BCUT2D eigenvalue weighted by atomic mass is 10.1. The zero-order valence-corrected chi connectivity index (χ0v) is 12.1. The molecule has 0 aliphatic carbocycles. The average molecular weight is 264 g/mol. The minimum Gasteiger partial charge on any atom is -0.491 e. The number of carbonyl (C=O) groups excluding carboxylic acids is 1. The average Bonchev–Trinajstić information content (AvgIpc) is 2.36. The number of hydrogen-bond acceptors (Lipinski definition) is 3. The number of unbranched alkanes of at least 4 members (excludes halogenated alkanes) is 3. The first-order chi connectivity index (χ1) is 9.11. The van der Waals surface area contributed by atoms with Crippen molar-refractivity contribution in [2.75, 3.05) is 0 Å². The second-order valence-corrected chi connectivity index (χ2v) is 4.84. The molecule has 3 nitrogen and oxygen atoms in total. The Balaban J connectivity index is 2.33. The largest absolute Gasteiger partial charge is 0.491 e. The van der Waals surface area contributed by atoms with Crippen LogP contribution in [0.1, 0.15) is 52.9 Å². The fraction of sp³-hybridized carbons (Fsp3) is 0.562. The Kier molecular flexibility index (Phi) is 7.01. The van der Waals surface area contributed by atoms with Gasteiger partial charge in [-0.1, -0.05) is 26.2 Å². The predicted octanol–water partition coefficient (Wildman–Crippen LogP) is 4.35. The van der Waals surface area contributed by atoms with E-state index in [4.69, 9.17) is 9.47 Å². The fourth-order valence-corrected chi connectivity index (χ4v) is 1.90. The van der Waals surface area contributed by atoms with Gasteiger partial charge in [-0.25, -0.2) is 0 Å². The molecule has 0 saturated carbocycles. The van der Waals surface area contributed by atoms with Gasteiger partial charge in [-0.15, -0.1) is 0 Å². The molecule has 1 atom stereocenters. The highest BCUT2D eigenvalue weighted by molar-refractivity contribution is 5.69. The molecule has 1 aromatic rings. The molecule has 0 aliphatic rings. The number of rotatable bonds is 8. The predicted molar refractivity (Wildman–Crippen MR) is 76.6 cm³/mol. The lowest BCUT2D eigenvalue weighted by Gasteiger charge is -2.14. The van der Waals surface area contributed by atoms with E-state index in [1.54, 1.807) is 12.1 Å². The highest BCUT2D eigenvalue weighted by atomic mass is 16.5. The fourth-order valence-electron chi connectivity index (χ4n) is 1.90. The lowest BCUT2D eigenvalue weighted by Crippen LogP contribution is -2.11. The van der Waals surface area contributed by atoms with Crippen LogP contribution in [0.2, 0.25) is 0 Å². The summed E-state index contributed by atoms with van der Waals surface area (Å²) in [5, 5.41) is 0. The van der Waals surface area contributed by atoms with Gasteiger partial charge in [0.2, 0.25) is 0 Å². The summed E-state index contributed by atoms with van der Waals surface area (Å²) in [5.41, 5.74) is 0. The van der Waals surface area contributed by atoms with E-state index in [0.29, 0.717) is 5.75 Å². The molecular weight excluding hydrogens is 240 g/mol. The Hall–Kier alpha value is -1.51. The molecule has 19 heavy (non-hydrogen) atoms. The van der Waals surface area contributed by atoms with Crippen LogP contribution in [-0.4, -0.2) is 12.1 Å². The van der Waals surface area contributed by atoms with Gasteiger partial charge < -0.3 is 9.47 Å². The van der Waals surface area contributed by atoms with E-state index in [2.05, 4.69) is 13.8 Å². The van der Waals surface area contributed by atoms with Gasteiger partial charge in [0.05, 0.1) is 6.10 Å². The number of benzene rings is 1. The van der Waals surface area contributed by atoms with Crippen LogP contribution in [0.3, 0.4) is 0 Å². The van der Waals surface area contributed by atoms with Crippen LogP contribution in [0.5, 0.6) is 11.5 Å². The number of carbonyl (C=O) groups is 1. The van der Waals surface area contributed by atoms with E-state index in [0.717, 1.165) is 12.2 Å². The van der Waals surface area contributed by atoms with E-state index in [-0.39, 0.29) is 12.1 Å². The van der Waals surface area contributed by atoms with Crippen molar-refractivity contribution >= 4 is 5.97 Å². The summed E-state index contributed by atoms with van der Waals surface area (Å²) in [6, 6.07) is 7.17. The highest BCUT2D eigenvalue weighted by Gasteiger charge is 2.04. The van der Waals surface area contributed by atoms with Gasteiger partial charge in [0.25, 0.3) is 0 Å².